The zero-order valence-corrected chi connectivity index (χ0v) is 18.5. The molecule has 2 heterocycles. The average molecular weight is 503 g/mol. The third-order valence-corrected chi connectivity index (χ3v) is 4.95. The molecule has 0 radical (unpaired) electrons. The van der Waals surface area contributed by atoms with Crippen LogP contribution in [0.5, 0.6) is 0 Å². The van der Waals surface area contributed by atoms with Crippen LogP contribution in [0.3, 0.4) is 0 Å². The minimum Gasteiger partial charge on any atom is -0.475 e. The summed E-state index contributed by atoms with van der Waals surface area (Å²) in [4.78, 5) is 19.6. The van der Waals surface area contributed by atoms with Gasteiger partial charge in [0, 0.05) is 24.3 Å². The molecule has 0 unspecified atom stereocenters. The summed E-state index contributed by atoms with van der Waals surface area (Å²) in [6, 6.07) is 8.57. The minimum absolute atomic E-state index is 0.0242. The number of carbonyl (C=O) groups is 1. The van der Waals surface area contributed by atoms with E-state index in [0.717, 1.165) is 57.7 Å². The predicted octanol–water partition coefficient (Wildman–Crippen LogP) is 3.90. The van der Waals surface area contributed by atoms with Crippen LogP contribution in [-0.2, 0) is 17.4 Å². The zero-order valence-electron chi connectivity index (χ0n) is 18.5. The molecule has 2 aromatic rings. The van der Waals surface area contributed by atoms with Crippen LogP contribution in [-0.4, -0.2) is 64.8 Å². The average Bonchev–Trinajstić information content (AvgIpc) is 3.07. The van der Waals surface area contributed by atoms with E-state index in [1.165, 1.54) is 6.07 Å². The molecule has 13 heteroatoms. The molecule has 0 atom stereocenters. The van der Waals surface area contributed by atoms with Gasteiger partial charge in [0.15, 0.2) is 0 Å². The van der Waals surface area contributed by atoms with E-state index in [-0.39, 0.29) is 5.82 Å². The van der Waals surface area contributed by atoms with E-state index in [2.05, 4.69) is 20.2 Å². The van der Waals surface area contributed by atoms with Gasteiger partial charge in [-0.2, -0.15) is 31.6 Å². The van der Waals surface area contributed by atoms with Gasteiger partial charge in [-0.15, -0.1) is 0 Å². The van der Waals surface area contributed by atoms with Gasteiger partial charge in [-0.05, 0) is 57.1 Å². The molecule has 1 aliphatic heterocycles. The maximum Gasteiger partial charge on any atom is 0.490 e. The molecule has 1 aliphatic rings. The number of nitriles is 1. The van der Waals surface area contributed by atoms with E-state index in [9.17, 15) is 31.6 Å². The Balaban J connectivity index is 0.000000540. The van der Waals surface area contributed by atoms with E-state index in [1.807, 2.05) is 6.07 Å². The van der Waals surface area contributed by atoms with Crippen LogP contribution in [0.25, 0.3) is 11.3 Å². The Morgan fingerprint density at radius 1 is 1.11 bits per heavy atom. The number of hydrogen-bond donors (Lipinski definition) is 2. The highest BCUT2D eigenvalue weighted by Crippen LogP contribution is 2.31. The van der Waals surface area contributed by atoms with Crippen molar-refractivity contribution in [1.82, 2.24) is 20.2 Å². The van der Waals surface area contributed by atoms with Crippen molar-refractivity contribution < 1.29 is 36.2 Å². The summed E-state index contributed by atoms with van der Waals surface area (Å²) in [6.07, 6.45) is -6.88. The lowest BCUT2D eigenvalue weighted by Gasteiger charge is -2.19. The normalized spacial score (nSPS) is 14.9. The van der Waals surface area contributed by atoms with Gasteiger partial charge in [-0.25, -0.2) is 14.8 Å². The zero-order chi connectivity index (χ0) is 26.1. The van der Waals surface area contributed by atoms with Crippen molar-refractivity contribution in [3.8, 4) is 17.3 Å². The molecular formula is C22H23F6N5O2. The van der Waals surface area contributed by atoms with Gasteiger partial charge < -0.3 is 15.3 Å². The summed E-state index contributed by atoms with van der Waals surface area (Å²) in [5.41, 5.74) is 0.602. The Kier molecular flexibility index (Phi) is 9.97. The van der Waals surface area contributed by atoms with Crippen LogP contribution in [0.1, 0.15) is 29.9 Å². The van der Waals surface area contributed by atoms with Crippen LogP contribution < -0.4 is 5.32 Å². The fraction of sp³-hybridized carbons (Fsp3) is 0.455. The molecule has 190 valence electrons. The van der Waals surface area contributed by atoms with E-state index in [1.54, 1.807) is 12.1 Å². The number of aliphatic carboxylic acids is 1. The monoisotopic (exact) mass is 503 g/mol. The summed E-state index contributed by atoms with van der Waals surface area (Å²) in [6.45, 7) is 4.99. The molecule has 1 aromatic carbocycles. The van der Waals surface area contributed by atoms with E-state index >= 15 is 0 Å². The van der Waals surface area contributed by atoms with E-state index in [4.69, 9.17) is 9.90 Å². The molecule has 35 heavy (non-hydrogen) atoms. The first-order valence-corrected chi connectivity index (χ1v) is 10.6. The van der Waals surface area contributed by atoms with Crippen molar-refractivity contribution in [2.75, 3.05) is 32.7 Å². The molecule has 0 amide bonds. The molecule has 1 aromatic heterocycles. The van der Waals surface area contributed by atoms with Crippen LogP contribution in [0.4, 0.5) is 26.3 Å². The lowest BCUT2D eigenvalue weighted by molar-refractivity contribution is -0.192. The van der Waals surface area contributed by atoms with Gasteiger partial charge in [0.2, 0.25) is 5.82 Å². The lowest BCUT2D eigenvalue weighted by atomic mass is 10.1. The SMILES string of the molecule is N#Cc1nc(CCCN2CCCNCC2)cc(-c2cccc(C(F)(F)F)c2)n1.O=C(O)C(F)(F)F. The van der Waals surface area contributed by atoms with Crippen LogP contribution >= 0.6 is 0 Å². The molecule has 3 rings (SSSR count). The van der Waals surface area contributed by atoms with Crippen molar-refractivity contribution in [2.45, 2.75) is 31.6 Å². The largest absolute Gasteiger partial charge is 0.490 e. The number of carboxylic acid groups (broad SMARTS) is 1. The fourth-order valence-electron chi connectivity index (χ4n) is 3.29. The maximum absolute atomic E-state index is 13.0. The van der Waals surface area contributed by atoms with Crippen LogP contribution in [0.15, 0.2) is 30.3 Å². The number of nitrogens with one attached hydrogen (secondary N) is 1. The smallest absolute Gasteiger partial charge is 0.475 e. The Morgan fingerprint density at radius 3 is 2.46 bits per heavy atom. The summed E-state index contributed by atoms with van der Waals surface area (Å²) in [5.74, 6) is -2.78. The van der Waals surface area contributed by atoms with E-state index < -0.39 is 23.9 Å². The topological polar surface area (TPSA) is 102 Å². The van der Waals surface area contributed by atoms with Crippen molar-refractivity contribution in [3.05, 3.63) is 47.4 Å². The molecule has 2 N–H and O–H groups in total. The number of rotatable bonds is 5. The molecule has 0 aliphatic carbocycles. The second-order valence-corrected chi connectivity index (χ2v) is 7.61. The standard InChI is InChI=1S/C20H22F3N5.C2HF3O2/c21-20(22,23)16-5-1-4-15(12-16)18-13-17(26-19(14-24)27-18)6-2-9-28-10-3-7-25-8-11-28;3-2(4,5)1(6)7/h1,4-5,12-13,25H,2-3,6-11H2;(H,6,7). The maximum atomic E-state index is 13.0. The third-order valence-electron chi connectivity index (χ3n) is 4.95. The Hall–Kier alpha value is -3.24. The lowest BCUT2D eigenvalue weighted by Crippen LogP contribution is -2.29. The number of aryl methyl sites for hydroxylation is 1. The quantitative estimate of drug-likeness (QED) is 0.597. The van der Waals surface area contributed by atoms with Crippen molar-refractivity contribution in [3.63, 3.8) is 0 Å². The number of alkyl halides is 6. The highest BCUT2D eigenvalue weighted by atomic mass is 19.4. The summed E-state index contributed by atoms with van der Waals surface area (Å²) in [7, 11) is 0. The van der Waals surface area contributed by atoms with Gasteiger partial charge in [0.1, 0.15) is 6.07 Å². The highest BCUT2D eigenvalue weighted by molar-refractivity contribution is 5.73. The fourth-order valence-corrected chi connectivity index (χ4v) is 3.29. The molecule has 0 bridgehead atoms. The number of halogens is 6. The van der Waals surface area contributed by atoms with Gasteiger partial charge in [0.05, 0.1) is 11.3 Å². The van der Waals surface area contributed by atoms with Crippen LogP contribution in [0.2, 0.25) is 0 Å². The Labute approximate surface area is 197 Å². The molecule has 7 nitrogen and oxygen atoms in total. The van der Waals surface area contributed by atoms with Crippen molar-refractivity contribution in [1.29, 1.82) is 5.26 Å². The minimum atomic E-state index is -5.08. The first-order chi connectivity index (χ1) is 16.4. The predicted molar refractivity (Wildman–Crippen MR) is 113 cm³/mol. The number of benzene rings is 1. The van der Waals surface area contributed by atoms with Gasteiger partial charge >= 0.3 is 18.3 Å². The second-order valence-electron chi connectivity index (χ2n) is 7.61. The summed E-state index contributed by atoms with van der Waals surface area (Å²) in [5, 5.41) is 19.7. The first kappa shape index (κ1) is 28.0. The second kappa shape index (κ2) is 12.5. The molecule has 0 saturated carbocycles. The Bertz CT molecular complexity index is 1030. The number of nitrogens with zero attached hydrogens (tertiary/aromatic N) is 4. The van der Waals surface area contributed by atoms with Gasteiger partial charge in [-0.1, -0.05) is 12.1 Å². The van der Waals surface area contributed by atoms with Crippen molar-refractivity contribution >= 4 is 5.97 Å². The van der Waals surface area contributed by atoms with Gasteiger partial charge in [-0.3, -0.25) is 0 Å². The number of hydrogen-bond acceptors (Lipinski definition) is 6. The van der Waals surface area contributed by atoms with E-state index in [0.29, 0.717) is 23.4 Å². The summed E-state index contributed by atoms with van der Waals surface area (Å²) >= 11 is 0. The molecule has 1 saturated heterocycles. The van der Waals surface area contributed by atoms with Crippen LogP contribution in [0, 0.1) is 11.3 Å². The number of aromatic nitrogens is 2. The molecule has 1 fully saturated rings. The summed E-state index contributed by atoms with van der Waals surface area (Å²) < 4.78 is 70.7. The molecule has 0 spiro atoms. The van der Waals surface area contributed by atoms with Crippen molar-refractivity contribution in [2.24, 2.45) is 0 Å². The number of carboxylic acids is 1. The third kappa shape index (κ3) is 9.50. The Morgan fingerprint density at radius 2 is 1.83 bits per heavy atom. The first-order valence-electron chi connectivity index (χ1n) is 10.6. The highest BCUT2D eigenvalue weighted by Gasteiger charge is 2.38. The molecular weight excluding hydrogens is 480 g/mol. The van der Waals surface area contributed by atoms with Gasteiger partial charge in [0.25, 0.3) is 0 Å².